The standard InChI is InChI=1S/C15H20N2O2/c1-12-3-4-14(15(9-12)19-8-7-18-2)17-11-13-5-6-16-10-13/h3-6,9-10,16-17H,7-8,11H2,1-2H3. The fourth-order valence-corrected chi connectivity index (χ4v) is 1.80. The number of nitrogens with one attached hydrogen (secondary N) is 2. The lowest BCUT2D eigenvalue weighted by atomic mass is 10.2. The summed E-state index contributed by atoms with van der Waals surface area (Å²) in [6, 6.07) is 8.20. The third-order valence-corrected chi connectivity index (χ3v) is 2.83. The lowest BCUT2D eigenvalue weighted by Crippen LogP contribution is -2.07. The molecule has 0 aliphatic carbocycles. The first-order valence-electron chi connectivity index (χ1n) is 6.37. The van der Waals surface area contributed by atoms with Crippen molar-refractivity contribution in [1.29, 1.82) is 0 Å². The van der Waals surface area contributed by atoms with Gasteiger partial charge >= 0.3 is 0 Å². The molecule has 4 nitrogen and oxygen atoms in total. The van der Waals surface area contributed by atoms with Gasteiger partial charge in [-0.1, -0.05) is 6.07 Å². The van der Waals surface area contributed by atoms with Gasteiger partial charge in [-0.3, -0.25) is 0 Å². The maximum atomic E-state index is 5.73. The van der Waals surface area contributed by atoms with Crippen molar-refractivity contribution in [3.05, 3.63) is 47.8 Å². The van der Waals surface area contributed by atoms with Gasteiger partial charge in [-0.05, 0) is 36.2 Å². The summed E-state index contributed by atoms with van der Waals surface area (Å²) in [5, 5.41) is 3.38. The molecular weight excluding hydrogens is 240 g/mol. The number of anilines is 1. The molecule has 0 bridgehead atoms. The SMILES string of the molecule is COCCOc1cc(C)ccc1NCc1cc[nH]c1. The lowest BCUT2D eigenvalue weighted by Gasteiger charge is -2.13. The highest BCUT2D eigenvalue weighted by Gasteiger charge is 2.04. The van der Waals surface area contributed by atoms with Gasteiger partial charge in [0.1, 0.15) is 12.4 Å². The first kappa shape index (κ1) is 13.5. The van der Waals surface area contributed by atoms with E-state index in [0.29, 0.717) is 13.2 Å². The number of hydrogen-bond acceptors (Lipinski definition) is 3. The van der Waals surface area contributed by atoms with Crippen LogP contribution in [-0.4, -0.2) is 25.3 Å². The Hall–Kier alpha value is -1.94. The summed E-state index contributed by atoms with van der Waals surface area (Å²) in [6.07, 6.45) is 3.90. The van der Waals surface area contributed by atoms with E-state index in [1.165, 1.54) is 11.1 Å². The van der Waals surface area contributed by atoms with E-state index < -0.39 is 0 Å². The summed E-state index contributed by atoms with van der Waals surface area (Å²) in [7, 11) is 1.67. The number of aryl methyl sites for hydroxylation is 1. The summed E-state index contributed by atoms with van der Waals surface area (Å²) < 4.78 is 10.7. The molecule has 0 aliphatic heterocycles. The fourth-order valence-electron chi connectivity index (χ4n) is 1.80. The molecule has 0 spiro atoms. The van der Waals surface area contributed by atoms with Gasteiger partial charge in [0.25, 0.3) is 0 Å². The van der Waals surface area contributed by atoms with Crippen LogP contribution in [0.15, 0.2) is 36.7 Å². The van der Waals surface area contributed by atoms with Gasteiger partial charge in [-0.15, -0.1) is 0 Å². The molecule has 4 heteroatoms. The van der Waals surface area contributed by atoms with E-state index in [-0.39, 0.29) is 0 Å². The quantitative estimate of drug-likeness (QED) is 0.752. The van der Waals surface area contributed by atoms with Crippen LogP contribution < -0.4 is 10.1 Å². The van der Waals surface area contributed by atoms with E-state index >= 15 is 0 Å². The Bertz CT molecular complexity index is 495. The van der Waals surface area contributed by atoms with E-state index in [1.54, 1.807) is 7.11 Å². The maximum absolute atomic E-state index is 5.73. The number of rotatable bonds is 7. The average Bonchev–Trinajstić information content (AvgIpc) is 2.91. The van der Waals surface area contributed by atoms with Crippen molar-refractivity contribution in [3.8, 4) is 5.75 Å². The number of H-pyrrole nitrogens is 1. The molecule has 0 amide bonds. The normalized spacial score (nSPS) is 10.4. The molecule has 1 heterocycles. The third-order valence-electron chi connectivity index (χ3n) is 2.83. The number of hydrogen-bond donors (Lipinski definition) is 2. The predicted molar refractivity (Wildman–Crippen MR) is 76.7 cm³/mol. The van der Waals surface area contributed by atoms with E-state index in [1.807, 2.05) is 30.6 Å². The van der Waals surface area contributed by atoms with Gasteiger partial charge < -0.3 is 19.8 Å². The molecule has 0 radical (unpaired) electrons. The van der Waals surface area contributed by atoms with Crippen molar-refractivity contribution in [1.82, 2.24) is 4.98 Å². The molecule has 19 heavy (non-hydrogen) atoms. The van der Waals surface area contributed by atoms with Gasteiger partial charge in [0.05, 0.1) is 12.3 Å². The number of aromatic amines is 1. The molecule has 0 fully saturated rings. The van der Waals surface area contributed by atoms with Crippen LogP contribution in [0.25, 0.3) is 0 Å². The number of ether oxygens (including phenoxy) is 2. The number of benzene rings is 1. The zero-order valence-corrected chi connectivity index (χ0v) is 11.4. The second-order valence-electron chi connectivity index (χ2n) is 4.41. The minimum atomic E-state index is 0.554. The molecule has 2 N–H and O–H groups in total. The highest BCUT2D eigenvalue weighted by Crippen LogP contribution is 2.26. The molecule has 0 aliphatic rings. The Morgan fingerprint density at radius 1 is 1.21 bits per heavy atom. The number of methoxy groups -OCH3 is 1. The van der Waals surface area contributed by atoms with Gasteiger partial charge in [-0.25, -0.2) is 0 Å². The Morgan fingerprint density at radius 2 is 2.11 bits per heavy atom. The van der Waals surface area contributed by atoms with Crippen LogP contribution in [0, 0.1) is 6.92 Å². The summed E-state index contributed by atoms with van der Waals surface area (Å²) in [6.45, 7) is 3.97. The van der Waals surface area contributed by atoms with Gasteiger partial charge in [-0.2, -0.15) is 0 Å². The molecular formula is C15H20N2O2. The molecule has 0 saturated carbocycles. The first-order chi connectivity index (χ1) is 9.29. The van der Waals surface area contributed by atoms with Crippen LogP contribution in [0.2, 0.25) is 0 Å². The van der Waals surface area contributed by atoms with Crippen molar-refractivity contribution < 1.29 is 9.47 Å². The molecule has 0 saturated heterocycles. The number of aromatic nitrogens is 1. The third kappa shape index (κ3) is 4.03. The van der Waals surface area contributed by atoms with E-state index in [4.69, 9.17) is 9.47 Å². The van der Waals surface area contributed by atoms with Gasteiger partial charge in [0, 0.05) is 26.0 Å². The molecule has 0 unspecified atom stereocenters. The monoisotopic (exact) mass is 260 g/mol. The van der Waals surface area contributed by atoms with Gasteiger partial charge in [0.2, 0.25) is 0 Å². The lowest BCUT2D eigenvalue weighted by molar-refractivity contribution is 0.146. The van der Waals surface area contributed by atoms with Crippen LogP contribution >= 0.6 is 0 Å². The summed E-state index contributed by atoms with van der Waals surface area (Å²) in [4.78, 5) is 3.04. The Kier molecular flexibility index (Phi) is 4.86. The van der Waals surface area contributed by atoms with E-state index in [9.17, 15) is 0 Å². The van der Waals surface area contributed by atoms with Crippen molar-refractivity contribution >= 4 is 5.69 Å². The molecule has 1 aromatic heterocycles. The van der Waals surface area contributed by atoms with Crippen LogP contribution in [0.1, 0.15) is 11.1 Å². The highest BCUT2D eigenvalue weighted by molar-refractivity contribution is 5.57. The Balaban J connectivity index is 2.01. The smallest absolute Gasteiger partial charge is 0.142 e. The molecule has 102 valence electrons. The average molecular weight is 260 g/mol. The summed E-state index contributed by atoms with van der Waals surface area (Å²) >= 11 is 0. The van der Waals surface area contributed by atoms with Crippen LogP contribution in [0.3, 0.4) is 0 Å². The Morgan fingerprint density at radius 3 is 2.84 bits per heavy atom. The van der Waals surface area contributed by atoms with Crippen molar-refractivity contribution in [2.45, 2.75) is 13.5 Å². The topological polar surface area (TPSA) is 46.3 Å². The maximum Gasteiger partial charge on any atom is 0.142 e. The van der Waals surface area contributed by atoms with Crippen molar-refractivity contribution in [3.63, 3.8) is 0 Å². The predicted octanol–water partition coefficient (Wildman–Crippen LogP) is 2.96. The molecule has 2 aromatic rings. The van der Waals surface area contributed by atoms with Crippen LogP contribution in [-0.2, 0) is 11.3 Å². The summed E-state index contributed by atoms with van der Waals surface area (Å²) in [5.41, 5.74) is 3.39. The van der Waals surface area contributed by atoms with E-state index in [2.05, 4.69) is 23.3 Å². The minimum absolute atomic E-state index is 0.554. The zero-order valence-electron chi connectivity index (χ0n) is 11.4. The zero-order chi connectivity index (χ0) is 13.5. The summed E-state index contributed by atoms with van der Waals surface area (Å²) in [5.74, 6) is 0.868. The van der Waals surface area contributed by atoms with Crippen LogP contribution in [0.4, 0.5) is 5.69 Å². The second-order valence-corrected chi connectivity index (χ2v) is 4.41. The molecule has 2 rings (SSSR count). The van der Waals surface area contributed by atoms with Gasteiger partial charge in [0.15, 0.2) is 0 Å². The molecule has 1 aromatic carbocycles. The minimum Gasteiger partial charge on any atom is -0.489 e. The van der Waals surface area contributed by atoms with Crippen LogP contribution in [0.5, 0.6) is 5.75 Å². The van der Waals surface area contributed by atoms with Crippen molar-refractivity contribution in [2.24, 2.45) is 0 Å². The first-order valence-corrected chi connectivity index (χ1v) is 6.37. The fraction of sp³-hybridized carbons (Fsp3) is 0.333. The van der Waals surface area contributed by atoms with Crippen molar-refractivity contribution in [2.75, 3.05) is 25.6 Å². The largest absolute Gasteiger partial charge is 0.489 e. The Labute approximate surface area is 113 Å². The van der Waals surface area contributed by atoms with E-state index in [0.717, 1.165) is 18.0 Å². The molecule has 0 atom stereocenters. The second kappa shape index (κ2) is 6.85. The highest BCUT2D eigenvalue weighted by atomic mass is 16.5.